The lowest BCUT2D eigenvalue weighted by molar-refractivity contribution is -0.402. The molecule has 0 radical (unpaired) electrons. The summed E-state index contributed by atoms with van der Waals surface area (Å²) in [6, 6.07) is 55.1. The van der Waals surface area contributed by atoms with Crippen LogP contribution in [0.3, 0.4) is 0 Å². The number of nitrogens with zero attached hydrogens (tertiary/aromatic N) is 8. The highest BCUT2D eigenvalue weighted by molar-refractivity contribution is 7.81. The second kappa shape index (κ2) is 36.4. The molecule has 12 amide bonds. The van der Waals surface area contributed by atoms with E-state index in [0.717, 1.165) is 49.7 Å². The average Bonchev–Trinajstić information content (AvgIpc) is 0.966. The molecule has 0 atom stereocenters. The summed E-state index contributed by atoms with van der Waals surface area (Å²) in [6.45, 7) is 1.93. The number of amides is 12. The quantitative estimate of drug-likeness (QED) is 0.0264. The Morgan fingerprint density at radius 3 is 1.14 bits per heavy atom. The molecule has 5 aromatic heterocycles. The number of barbiturate groups is 1. The topological polar surface area (TPSA) is 357 Å². The van der Waals surface area contributed by atoms with Gasteiger partial charge in [0.25, 0.3) is 59.1 Å². The number of aromatic nitrogens is 2. The number of anilines is 5. The van der Waals surface area contributed by atoms with Crippen LogP contribution in [0.2, 0.25) is 15.1 Å². The van der Waals surface area contributed by atoms with E-state index in [1.807, 2.05) is 115 Å². The van der Waals surface area contributed by atoms with Gasteiger partial charge in [-0.2, -0.15) is 0 Å². The number of furan rings is 3. The maximum atomic E-state index is 12.9. The minimum absolute atomic E-state index is 0.00549. The van der Waals surface area contributed by atoms with Crippen LogP contribution in [-0.4, -0.2) is 99.6 Å². The lowest BCUT2D eigenvalue weighted by Gasteiger charge is -2.29. The molecule has 11 aromatic rings. The molecule has 118 heavy (non-hydrogen) atoms. The molecule has 5 fully saturated rings. The highest BCUT2D eigenvalue weighted by Gasteiger charge is 2.41. The highest BCUT2D eigenvalue weighted by Crippen LogP contribution is 2.33. The van der Waals surface area contributed by atoms with Gasteiger partial charge in [0, 0.05) is 58.3 Å². The standard InChI is InChI=1S/C19H12N2O4.C17H15N3O2S.C16H12ClN3O2S.C15H8ClN3O5S.C15H9ClN2O3S/c22-17-15(11-13-7-4-10-25-13)18(23)21(19(24)20-17)16-9-3-6-12-5-1-2-8-14(12)16;1-11-5-3-6-13(9-11)20-16(22)14(15(21)18-17(20)23)10-12-7-4-8-19(12)2;1-19-8-2-3-12(19)9-13-14(21)18-16(23)20(15(13)22)11-6-4-10(17)5-7-11;16-8-1-3-9(4-2-8)18-14(21)11(13(20)17-15(18)25)7-10-5-6-12(24-10)19(22)23;16-9-3-5-10(6-4-9)18-14(20)12(13(19)17-15(18)22)8-11-2-1-7-21-11/h1-11H,(H,20,22,24);3-10H,1-2H3,(H,18,21,23);2-9H,1H3,(H,18,21,23);1-7H,(H,17,20,25);1-8H,(H,17,19,22)/b15-11-;14-10+;13-9-;11-7-;12-8+. The van der Waals surface area contributed by atoms with Gasteiger partial charge in [0.15, 0.2) is 20.4 Å². The summed E-state index contributed by atoms with van der Waals surface area (Å²) in [7, 11) is 3.68. The molecule has 0 aliphatic carbocycles. The number of carbonyl (C=O) groups excluding carboxylic acids is 11. The Hall–Kier alpha value is -14.3. The predicted molar refractivity (Wildman–Crippen MR) is 457 cm³/mol. The van der Waals surface area contributed by atoms with Gasteiger partial charge in [-0.25, -0.2) is 9.69 Å². The van der Waals surface area contributed by atoms with E-state index in [-0.39, 0.29) is 54.1 Å². The summed E-state index contributed by atoms with van der Waals surface area (Å²) in [5.41, 5.74) is 4.63. The van der Waals surface area contributed by atoms with Crippen molar-refractivity contribution in [3.8, 4) is 0 Å². The van der Waals surface area contributed by atoms with E-state index in [9.17, 15) is 62.9 Å². The molecule has 0 bridgehead atoms. The second-order valence-electron chi connectivity index (χ2n) is 25.1. The monoisotopic (exact) mass is 1710 g/mol. The van der Waals surface area contributed by atoms with Crippen molar-refractivity contribution in [2.45, 2.75) is 6.92 Å². The summed E-state index contributed by atoms with van der Waals surface area (Å²) in [5, 5.41) is 26.1. The van der Waals surface area contributed by atoms with Gasteiger partial charge in [0.2, 0.25) is 0 Å². The molecule has 36 heteroatoms. The molecule has 0 spiro atoms. The lowest BCUT2D eigenvalue weighted by Crippen LogP contribution is -2.54. The van der Waals surface area contributed by atoms with E-state index < -0.39 is 75.9 Å². The van der Waals surface area contributed by atoms with Crippen molar-refractivity contribution in [3.05, 3.63) is 312 Å². The van der Waals surface area contributed by atoms with Gasteiger partial charge >= 0.3 is 11.9 Å². The summed E-state index contributed by atoms with van der Waals surface area (Å²) in [6.07, 6.45) is 13.5. The van der Waals surface area contributed by atoms with Crippen molar-refractivity contribution in [2.24, 2.45) is 14.1 Å². The summed E-state index contributed by atoms with van der Waals surface area (Å²) < 4.78 is 18.9. The zero-order chi connectivity index (χ0) is 84.3. The van der Waals surface area contributed by atoms with Gasteiger partial charge in [-0.1, -0.05) is 83.3 Å². The number of benzene rings is 6. The molecule has 5 saturated heterocycles. The van der Waals surface area contributed by atoms with Crippen molar-refractivity contribution >= 4 is 245 Å². The number of rotatable bonds is 11. The van der Waals surface area contributed by atoms with E-state index >= 15 is 0 Å². The minimum atomic E-state index is -0.775. The van der Waals surface area contributed by atoms with Crippen molar-refractivity contribution in [1.82, 2.24) is 35.7 Å². The largest absolute Gasteiger partial charge is 0.465 e. The van der Waals surface area contributed by atoms with Crippen molar-refractivity contribution in [2.75, 3.05) is 24.5 Å². The van der Waals surface area contributed by atoms with Crippen LogP contribution in [-0.2, 0) is 62.0 Å². The van der Waals surface area contributed by atoms with Gasteiger partial charge in [-0.05, 0) is 243 Å². The minimum Gasteiger partial charge on any atom is -0.465 e. The Morgan fingerprint density at radius 2 is 0.754 bits per heavy atom. The third-order valence-corrected chi connectivity index (χ3v) is 19.2. The van der Waals surface area contributed by atoms with Crippen LogP contribution in [0, 0.1) is 17.0 Å². The number of imide groups is 2. The Labute approximate surface area is 704 Å². The molecular weight excluding hydrogens is 1660 g/mol. The van der Waals surface area contributed by atoms with E-state index in [1.54, 1.807) is 127 Å². The number of fused-ring (bicyclic) bond motifs is 1. The molecule has 16 rings (SSSR count). The molecule has 6 aromatic carbocycles. The lowest BCUT2D eigenvalue weighted by atomic mass is 10.1. The van der Waals surface area contributed by atoms with Crippen molar-refractivity contribution in [3.63, 3.8) is 0 Å². The number of hydrogen-bond donors (Lipinski definition) is 5. The third kappa shape index (κ3) is 18.9. The first-order valence-electron chi connectivity index (χ1n) is 34.4. The summed E-state index contributed by atoms with van der Waals surface area (Å²) >= 11 is 38.0. The number of nitro groups is 1. The number of nitrogens with one attached hydrogen (secondary N) is 5. The van der Waals surface area contributed by atoms with Crippen molar-refractivity contribution in [1.29, 1.82) is 0 Å². The van der Waals surface area contributed by atoms with Crippen LogP contribution in [0.1, 0.15) is 34.2 Å². The average molecular weight is 1710 g/mol. The van der Waals surface area contributed by atoms with Crippen LogP contribution in [0.15, 0.2) is 266 Å². The van der Waals surface area contributed by atoms with Crippen LogP contribution < -0.4 is 51.1 Å². The fourth-order valence-corrected chi connectivity index (χ4v) is 13.1. The number of thiocarbonyl (C=S) groups is 4. The molecule has 590 valence electrons. The molecule has 0 unspecified atom stereocenters. The van der Waals surface area contributed by atoms with Gasteiger partial charge in [-0.15, -0.1) is 0 Å². The number of hydrogen-bond acceptors (Lipinski definition) is 20. The maximum Gasteiger partial charge on any atom is 0.433 e. The SMILES string of the molecule is Cc1cccc(N2C(=O)/C(=C/c3cccn3C)C(=O)NC2=S)c1.Cn1cccc1/C=C1/C(=O)NC(=S)N(c2ccc(Cl)cc2)C1=O.O=C1NC(=O)N(c2cccc3ccccc23)C(=O)/C1=C\c1ccco1.O=C1NC(=S)N(c2ccc(Cl)cc2)C(=O)/C1=C/c1ccco1.O=C1NC(=S)N(c2ccc(Cl)cc2)C(=O)/C1=C\c1ccc([N+](=O)[O-])o1. The zero-order valence-electron chi connectivity index (χ0n) is 61.1. The van der Waals surface area contributed by atoms with Crippen LogP contribution in [0.4, 0.5) is 39.1 Å². The van der Waals surface area contributed by atoms with E-state index in [1.165, 1.54) is 45.4 Å². The first kappa shape index (κ1) is 83.1. The smallest absolute Gasteiger partial charge is 0.433 e. The Kier molecular flexibility index (Phi) is 25.7. The molecular formula is C82H56Cl3N13O16S4. The molecule has 5 aliphatic rings. The second-order valence-corrected chi connectivity index (χ2v) is 28.0. The Balaban J connectivity index is 0.000000136. The molecule has 10 heterocycles. The van der Waals surface area contributed by atoms with Gasteiger partial charge in [0.05, 0.1) is 47.0 Å². The fraction of sp³-hybridized carbons (Fsp3) is 0.0366. The molecule has 5 N–H and O–H groups in total. The maximum absolute atomic E-state index is 12.9. The normalized spacial score (nSPS) is 16.7. The first-order chi connectivity index (χ1) is 56.5. The number of halogens is 3. The molecule has 29 nitrogen and oxygen atoms in total. The first-order valence-corrected chi connectivity index (χ1v) is 37.2. The van der Waals surface area contributed by atoms with Gasteiger partial charge in [0.1, 0.15) is 50.1 Å². The van der Waals surface area contributed by atoms with E-state index in [4.69, 9.17) is 96.9 Å². The molecule has 0 saturated carbocycles. The van der Waals surface area contributed by atoms with Crippen LogP contribution in [0.25, 0.3) is 41.2 Å². The molecule has 5 aliphatic heterocycles. The van der Waals surface area contributed by atoms with E-state index in [0.29, 0.717) is 55.0 Å². The summed E-state index contributed by atoms with van der Waals surface area (Å²) in [5.74, 6) is -5.56. The van der Waals surface area contributed by atoms with Crippen LogP contribution >= 0.6 is 83.7 Å². The number of carbonyl (C=O) groups is 11. The fourth-order valence-electron chi connectivity index (χ4n) is 11.6. The Morgan fingerprint density at radius 1 is 0.381 bits per heavy atom. The summed E-state index contributed by atoms with van der Waals surface area (Å²) in [4.78, 5) is 152. The number of urea groups is 1. The number of aryl methyl sites for hydroxylation is 3. The van der Waals surface area contributed by atoms with Crippen LogP contribution in [0.5, 0.6) is 0 Å². The van der Waals surface area contributed by atoms with Gasteiger partial charge < -0.3 is 22.4 Å². The highest BCUT2D eigenvalue weighted by atomic mass is 35.5. The Bertz CT molecular complexity index is 6160. The van der Waals surface area contributed by atoms with Crippen molar-refractivity contribution < 1.29 is 70.9 Å². The predicted octanol–water partition coefficient (Wildman–Crippen LogP) is 13.2. The third-order valence-electron chi connectivity index (χ3n) is 17.3. The van der Waals surface area contributed by atoms with Gasteiger partial charge in [-0.3, -0.25) is 104 Å². The van der Waals surface area contributed by atoms with E-state index in [2.05, 4.69) is 26.6 Å². The zero-order valence-corrected chi connectivity index (χ0v) is 66.7.